The highest BCUT2D eigenvalue weighted by atomic mass is 16.5. The first kappa shape index (κ1) is 13.0. The molecule has 0 radical (unpaired) electrons. The molecule has 0 saturated carbocycles. The quantitative estimate of drug-likeness (QED) is 0.846. The van der Waals surface area contributed by atoms with Crippen molar-refractivity contribution in [1.29, 1.82) is 0 Å². The van der Waals surface area contributed by atoms with E-state index in [1.807, 2.05) is 18.5 Å². The van der Waals surface area contributed by atoms with E-state index in [2.05, 4.69) is 32.0 Å². The van der Waals surface area contributed by atoms with Crippen LogP contribution in [0.2, 0.25) is 0 Å². The van der Waals surface area contributed by atoms with Gasteiger partial charge in [0, 0.05) is 38.4 Å². The molecule has 2 aromatic heterocycles. The summed E-state index contributed by atoms with van der Waals surface area (Å²) in [5.74, 6) is 0.783. The molecule has 0 unspecified atom stereocenters. The fourth-order valence-corrected chi connectivity index (χ4v) is 2.79. The maximum absolute atomic E-state index is 5.63. The standard InChI is InChI=1S/C15H18N4O/c1-20-14-5-10-19(15-17-6-2-7-18-15)13(14)11-12-3-8-16-9-4-12/h2-4,6-9,13-14H,5,10-11H2,1H3/t13-,14-/m0/s1. The van der Waals surface area contributed by atoms with Crippen molar-refractivity contribution in [1.82, 2.24) is 15.0 Å². The summed E-state index contributed by atoms with van der Waals surface area (Å²) in [7, 11) is 1.78. The summed E-state index contributed by atoms with van der Waals surface area (Å²) in [6.45, 7) is 0.929. The summed E-state index contributed by atoms with van der Waals surface area (Å²) < 4.78 is 5.63. The van der Waals surface area contributed by atoms with E-state index in [4.69, 9.17) is 4.74 Å². The van der Waals surface area contributed by atoms with Crippen molar-refractivity contribution < 1.29 is 4.74 Å². The lowest BCUT2D eigenvalue weighted by atomic mass is 10.0. The van der Waals surface area contributed by atoms with Crippen LogP contribution in [-0.4, -0.2) is 40.8 Å². The lowest BCUT2D eigenvalue weighted by Gasteiger charge is -2.27. The molecular formula is C15H18N4O. The van der Waals surface area contributed by atoms with Gasteiger partial charge in [0.1, 0.15) is 0 Å². The van der Waals surface area contributed by atoms with Crippen LogP contribution in [0.25, 0.3) is 0 Å². The van der Waals surface area contributed by atoms with Crippen LogP contribution >= 0.6 is 0 Å². The minimum atomic E-state index is 0.215. The molecule has 1 saturated heterocycles. The summed E-state index contributed by atoms with van der Waals surface area (Å²) in [6.07, 6.45) is 9.36. The molecule has 20 heavy (non-hydrogen) atoms. The van der Waals surface area contributed by atoms with E-state index in [9.17, 15) is 0 Å². The Balaban J connectivity index is 1.83. The Morgan fingerprint density at radius 1 is 1.20 bits per heavy atom. The highest BCUT2D eigenvalue weighted by Crippen LogP contribution is 2.26. The lowest BCUT2D eigenvalue weighted by Crippen LogP contribution is -2.38. The van der Waals surface area contributed by atoms with Gasteiger partial charge < -0.3 is 9.64 Å². The van der Waals surface area contributed by atoms with Gasteiger partial charge in [0.05, 0.1) is 12.1 Å². The maximum Gasteiger partial charge on any atom is 0.225 e. The average Bonchev–Trinajstić information content (AvgIpc) is 2.92. The van der Waals surface area contributed by atoms with Crippen LogP contribution in [0.15, 0.2) is 43.0 Å². The van der Waals surface area contributed by atoms with Gasteiger partial charge in [-0.25, -0.2) is 9.97 Å². The van der Waals surface area contributed by atoms with E-state index >= 15 is 0 Å². The molecular weight excluding hydrogens is 252 g/mol. The van der Waals surface area contributed by atoms with Gasteiger partial charge in [-0.2, -0.15) is 0 Å². The Morgan fingerprint density at radius 2 is 1.95 bits per heavy atom. The Hall–Kier alpha value is -2.01. The zero-order valence-corrected chi connectivity index (χ0v) is 11.5. The molecule has 0 bridgehead atoms. The highest BCUT2D eigenvalue weighted by Gasteiger charge is 2.35. The molecule has 5 nitrogen and oxygen atoms in total. The molecule has 1 aliphatic heterocycles. The number of anilines is 1. The number of nitrogens with zero attached hydrogens (tertiary/aromatic N) is 4. The van der Waals surface area contributed by atoms with Crippen LogP contribution < -0.4 is 4.90 Å². The van der Waals surface area contributed by atoms with Crippen LogP contribution in [0.1, 0.15) is 12.0 Å². The van der Waals surface area contributed by atoms with Gasteiger partial charge in [0.25, 0.3) is 0 Å². The molecule has 2 atom stereocenters. The summed E-state index contributed by atoms with van der Waals surface area (Å²) in [4.78, 5) is 15.0. The number of hydrogen-bond donors (Lipinski definition) is 0. The van der Waals surface area contributed by atoms with Gasteiger partial charge in [0.15, 0.2) is 0 Å². The highest BCUT2D eigenvalue weighted by molar-refractivity contribution is 5.35. The van der Waals surface area contributed by atoms with Gasteiger partial charge in [-0.1, -0.05) is 0 Å². The molecule has 1 fully saturated rings. The average molecular weight is 270 g/mol. The second-order valence-electron chi connectivity index (χ2n) is 4.93. The van der Waals surface area contributed by atoms with Crippen molar-refractivity contribution in [3.63, 3.8) is 0 Å². The molecule has 3 rings (SSSR count). The predicted octanol–water partition coefficient (Wildman–Crippen LogP) is 1.71. The fourth-order valence-electron chi connectivity index (χ4n) is 2.79. The zero-order valence-electron chi connectivity index (χ0n) is 11.5. The van der Waals surface area contributed by atoms with E-state index in [0.717, 1.165) is 25.3 Å². The van der Waals surface area contributed by atoms with Crippen molar-refractivity contribution in [3.8, 4) is 0 Å². The summed E-state index contributed by atoms with van der Waals surface area (Å²) in [6, 6.07) is 6.21. The third-order valence-corrected chi connectivity index (χ3v) is 3.79. The summed E-state index contributed by atoms with van der Waals surface area (Å²) in [5.41, 5.74) is 1.26. The first-order valence-corrected chi connectivity index (χ1v) is 6.84. The van der Waals surface area contributed by atoms with E-state index in [1.165, 1.54) is 5.56 Å². The predicted molar refractivity (Wildman–Crippen MR) is 76.5 cm³/mol. The van der Waals surface area contributed by atoms with Gasteiger partial charge in [0.2, 0.25) is 5.95 Å². The molecule has 104 valence electrons. The number of pyridine rings is 1. The Labute approximate surface area is 118 Å². The number of ether oxygens (including phenoxy) is 1. The normalized spacial score (nSPS) is 22.1. The van der Waals surface area contributed by atoms with E-state index in [1.54, 1.807) is 19.5 Å². The number of hydrogen-bond acceptors (Lipinski definition) is 5. The first-order chi connectivity index (χ1) is 9.88. The SMILES string of the molecule is CO[C@H]1CCN(c2ncccn2)[C@H]1Cc1ccncc1. The van der Waals surface area contributed by atoms with E-state index in [-0.39, 0.29) is 12.1 Å². The Morgan fingerprint density at radius 3 is 2.65 bits per heavy atom. The van der Waals surface area contributed by atoms with Crippen LogP contribution in [0.4, 0.5) is 5.95 Å². The number of rotatable bonds is 4. The number of aromatic nitrogens is 3. The molecule has 0 spiro atoms. The minimum Gasteiger partial charge on any atom is -0.379 e. The smallest absolute Gasteiger partial charge is 0.225 e. The third kappa shape index (κ3) is 2.63. The largest absolute Gasteiger partial charge is 0.379 e. The van der Waals surface area contributed by atoms with Crippen molar-refractivity contribution in [2.75, 3.05) is 18.6 Å². The molecule has 0 amide bonds. The van der Waals surface area contributed by atoms with E-state index in [0.29, 0.717) is 0 Å². The van der Waals surface area contributed by atoms with Crippen molar-refractivity contribution >= 4 is 5.95 Å². The van der Waals surface area contributed by atoms with Gasteiger partial charge in [-0.3, -0.25) is 4.98 Å². The van der Waals surface area contributed by atoms with E-state index < -0.39 is 0 Å². The Bertz CT molecular complexity index is 534. The summed E-state index contributed by atoms with van der Waals surface area (Å²) in [5, 5.41) is 0. The molecule has 1 aliphatic rings. The maximum atomic E-state index is 5.63. The van der Waals surface area contributed by atoms with Crippen LogP contribution in [0.3, 0.4) is 0 Å². The molecule has 3 heterocycles. The topological polar surface area (TPSA) is 51.1 Å². The summed E-state index contributed by atoms with van der Waals surface area (Å²) >= 11 is 0. The second kappa shape index (κ2) is 5.96. The molecule has 0 aliphatic carbocycles. The van der Waals surface area contributed by atoms with Crippen LogP contribution in [0, 0.1) is 0 Å². The van der Waals surface area contributed by atoms with Crippen LogP contribution in [0.5, 0.6) is 0 Å². The molecule has 2 aromatic rings. The lowest BCUT2D eigenvalue weighted by molar-refractivity contribution is 0.0952. The molecule has 0 N–H and O–H groups in total. The van der Waals surface area contributed by atoms with Crippen molar-refractivity contribution in [2.24, 2.45) is 0 Å². The van der Waals surface area contributed by atoms with Crippen LogP contribution in [-0.2, 0) is 11.2 Å². The van der Waals surface area contributed by atoms with Gasteiger partial charge >= 0.3 is 0 Å². The molecule has 5 heteroatoms. The van der Waals surface area contributed by atoms with Gasteiger partial charge in [-0.15, -0.1) is 0 Å². The zero-order chi connectivity index (χ0) is 13.8. The van der Waals surface area contributed by atoms with Gasteiger partial charge in [-0.05, 0) is 36.6 Å². The Kier molecular flexibility index (Phi) is 3.87. The minimum absolute atomic E-state index is 0.215. The van der Waals surface area contributed by atoms with Crippen molar-refractivity contribution in [3.05, 3.63) is 48.5 Å². The number of methoxy groups -OCH3 is 1. The second-order valence-corrected chi connectivity index (χ2v) is 4.93. The molecule has 0 aromatic carbocycles. The monoisotopic (exact) mass is 270 g/mol. The third-order valence-electron chi connectivity index (χ3n) is 3.79. The first-order valence-electron chi connectivity index (χ1n) is 6.84. The fraction of sp³-hybridized carbons (Fsp3) is 0.400. The van der Waals surface area contributed by atoms with Crippen molar-refractivity contribution in [2.45, 2.75) is 25.0 Å².